The lowest BCUT2D eigenvalue weighted by molar-refractivity contribution is -0.120. The average molecular weight is 329 g/mol. The van der Waals surface area contributed by atoms with Crippen LogP contribution in [0.2, 0.25) is 5.02 Å². The highest BCUT2D eigenvalue weighted by Gasteiger charge is 2.10. The summed E-state index contributed by atoms with van der Waals surface area (Å²) in [5, 5.41) is 4.56. The fraction of sp³-hybridized carbons (Fsp3) is 0.167. The number of para-hydroxylation sites is 1. The van der Waals surface area contributed by atoms with Gasteiger partial charge in [0, 0.05) is 34.2 Å². The number of benzene rings is 2. The molecule has 4 nitrogen and oxygen atoms in total. The first-order valence-electron chi connectivity index (χ1n) is 7.31. The highest BCUT2D eigenvalue weighted by atomic mass is 35.5. The Morgan fingerprint density at radius 1 is 1.22 bits per heavy atom. The van der Waals surface area contributed by atoms with E-state index in [-0.39, 0.29) is 5.91 Å². The number of H-pyrrole nitrogens is 1. The van der Waals surface area contributed by atoms with Crippen molar-refractivity contribution < 1.29 is 9.53 Å². The summed E-state index contributed by atoms with van der Waals surface area (Å²) in [6.45, 7) is 0.436. The van der Waals surface area contributed by atoms with Crippen LogP contribution in [0.4, 0.5) is 0 Å². The summed E-state index contributed by atoms with van der Waals surface area (Å²) in [7, 11) is 1.62. The van der Waals surface area contributed by atoms with Gasteiger partial charge in [0.25, 0.3) is 0 Å². The van der Waals surface area contributed by atoms with E-state index < -0.39 is 0 Å². The van der Waals surface area contributed by atoms with Crippen LogP contribution in [0.25, 0.3) is 10.9 Å². The number of carbonyl (C=O) groups excluding carboxylic acids is 1. The number of hydrogen-bond donors (Lipinski definition) is 2. The number of ether oxygens (including phenoxy) is 1. The second-order valence-electron chi connectivity index (χ2n) is 5.27. The summed E-state index contributed by atoms with van der Waals surface area (Å²) in [4.78, 5) is 15.4. The number of carbonyl (C=O) groups is 1. The van der Waals surface area contributed by atoms with E-state index in [0.29, 0.717) is 18.0 Å². The summed E-state index contributed by atoms with van der Waals surface area (Å²) in [6, 6.07) is 13.2. The highest BCUT2D eigenvalue weighted by molar-refractivity contribution is 6.31. The van der Waals surface area contributed by atoms with E-state index in [1.54, 1.807) is 7.11 Å². The van der Waals surface area contributed by atoms with Crippen LogP contribution in [0.3, 0.4) is 0 Å². The molecule has 1 heterocycles. The first kappa shape index (κ1) is 15.4. The Labute approximate surface area is 139 Å². The van der Waals surface area contributed by atoms with Crippen LogP contribution < -0.4 is 10.1 Å². The largest absolute Gasteiger partial charge is 0.496 e. The molecule has 0 spiro atoms. The molecular formula is C18H17ClN2O2. The van der Waals surface area contributed by atoms with Crippen molar-refractivity contribution in [2.24, 2.45) is 0 Å². The van der Waals surface area contributed by atoms with E-state index in [2.05, 4.69) is 10.3 Å². The number of fused-ring (bicyclic) bond motifs is 1. The summed E-state index contributed by atoms with van der Waals surface area (Å²) in [5.74, 6) is 0.725. The fourth-order valence-corrected chi connectivity index (χ4v) is 2.75. The van der Waals surface area contributed by atoms with Gasteiger partial charge in [0.2, 0.25) is 5.91 Å². The van der Waals surface area contributed by atoms with Gasteiger partial charge in [-0.2, -0.15) is 0 Å². The van der Waals surface area contributed by atoms with E-state index in [9.17, 15) is 4.79 Å². The summed E-state index contributed by atoms with van der Waals surface area (Å²) < 4.78 is 5.28. The van der Waals surface area contributed by atoms with Crippen molar-refractivity contribution in [3.8, 4) is 5.75 Å². The number of methoxy groups -OCH3 is 1. The molecule has 1 amide bonds. The second kappa shape index (κ2) is 6.75. The molecule has 118 valence electrons. The molecule has 2 aromatic carbocycles. The van der Waals surface area contributed by atoms with Crippen LogP contribution in [0.1, 0.15) is 11.1 Å². The van der Waals surface area contributed by atoms with Crippen LogP contribution in [-0.2, 0) is 17.8 Å². The molecule has 23 heavy (non-hydrogen) atoms. The molecule has 0 unspecified atom stereocenters. The Balaban J connectivity index is 1.68. The second-order valence-corrected chi connectivity index (χ2v) is 5.71. The molecular weight excluding hydrogens is 312 g/mol. The predicted octanol–water partition coefficient (Wildman–Crippen LogP) is 3.69. The van der Waals surface area contributed by atoms with Crippen molar-refractivity contribution in [2.45, 2.75) is 13.0 Å². The number of nitrogens with one attached hydrogen (secondary N) is 2. The molecule has 0 aliphatic rings. The first-order chi connectivity index (χ1) is 11.2. The molecule has 0 saturated heterocycles. The van der Waals surface area contributed by atoms with Gasteiger partial charge in [-0.1, -0.05) is 29.8 Å². The molecule has 3 rings (SSSR count). The number of rotatable bonds is 5. The molecule has 0 bridgehead atoms. The van der Waals surface area contributed by atoms with Crippen LogP contribution in [0.5, 0.6) is 5.75 Å². The quantitative estimate of drug-likeness (QED) is 0.750. The molecule has 0 saturated carbocycles. The maximum absolute atomic E-state index is 12.2. The van der Waals surface area contributed by atoms with Crippen LogP contribution in [0.15, 0.2) is 48.7 Å². The minimum Gasteiger partial charge on any atom is -0.496 e. The Bertz CT molecular complexity index is 842. The van der Waals surface area contributed by atoms with Crippen molar-refractivity contribution >= 4 is 28.4 Å². The summed E-state index contributed by atoms with van der Waals surface area (Å²) in [6.07, 6.45) is 2.15. The van der Waals surface area contributed by atoms with E-state index >= 15 is 0 Å². The van der Waals surface area contributed by atoms with Gasteiger partial charge in [0.1, 0.15) is 5.75 Å². The maximum atomic E-state index is 12.2. The maximum Gasteiger partial charge on any atom is 0.224 e. The van der Waals surface area contributed by atoms with Crippen molar-refractivity contribution in [1.29, 1.82) is 0 Å². The van der Waals surface area contributed by atoms with Gasteiger partial charge in [-0.05, 0) is 29.8 Å². The molecule has 2 N–H and O–H groups in total. The van der Waals surface area contributed by atoms with Gasteiger partial charge >= 0.3 is 0 Å². The van der Waals surface area contributed by atoms with Crippen molar-refractivity contribution in [2.75, 3.05) is 7.11 Å². The SMILES string of the molecule is COc1ccccc1CNC(=O)Cc1c[nH]c2ccc(Cl)cc12. The van der Waals surface area contributed by atoms with Gasteiger partial charge in [-0.3, -0.25) is 4.79 Å². The lowest BCUT2D eigenvalue weighted by Gasteiger charge is -2.09. The zero-order valence-corrected chi connectivity index (χ0v) is 13.5. The molecule has 0 fully saturated rings. The molecule has 5 heteroatoms. The van der Waals surface area contributed by atoms with Gasteiger partial charge in [0.05, 0.1) is 13.5 Å². The van der Waals surface area contributed by atoms with E-state index in [1.807, 2.05) is 48.7 Å². The normalized spacial score (nSPS) is 10.7. The third kappa shape index (κ3) is 3.48. The van der Waals surface area contributed by atoms with Crippen LogP contribution in [-0.4, -0.2) is 18.0 Å². The van der Waals surface area contributed by atoms with Crippen molar-refractivity contribution in [3.63, 3.8) is 0 Å². The van der Waals surface area contributed by atoms with E-state index in [4.69, 9.17) is 16.3 Å². The topological polar surface area (TPSA) is 54.1 Å². The smallest absolute Gasteiger partial charge is 0.224 e. The molecule has 1 aromatic heterocycles. The number of halogens is 1. The highest BCUT2D eigenvalue weighted by Crippen LogP contribution is 2.23. The summed E-state index contributed by atoms with van der Waals surface area (Å²) in [5.41, 5.74) is 2.85. The van der Waals surface area contributed by atoms with Crippen molar-refractivity contribution in [3.05, 3.63) is 64.8 Å². The van der Waals surface area contributed by atoms with Gasteiger partial charge < -0.3 is 15.0 Å². The Kier molecular flexibility index (Phi) is 4.53. The minimum atomic E-state index is -0.0446. The number of aromatic nitrogens is 1. The van der Waals surface area contributed by atoms with Gasteiger partial charge in [-0.25, -0.2) is 0 Å². The lowest BCUT2D eigenvalue weighted by atomic mass is 10.1. The first-order valence-corrected chi connectivity index (χ1v) is 7.69. The third-order valence-electron chi connectivity index (χ3n) is 3.75. The Morgan fingerprint density at radius 2 is 2.04 bits per heavy atom. The lowest BCUT2D eigenvalue weighted by Crippen LogP contribution is -2.24. The zero-order valence-electron chi connectivity index (χ0n) is 12.7. The van der Waals surface area contributed by atoms with Crippen molar-refractivity contribution in [1.82, 2.24) is 10.3 Å². The molecule has 0 aliphatic carbocycles. The molecule has 0 atom stereocenters. The number of hydrogen-bond acceptors (Lipinski definition) is 2. The standard InChI is InChI=1S/C18H17ClN2O2/c1-23-17-5-3-2-4-12(17)10-21-18(22)8-13-11-20-16-7-6-14(19)9-15(13)16/h2-7,9,11,20H,8,10H2,1H3,(H,21,22). The van der Waals surface area contributed by atoms with E-state index in [1.165, 1.54) is 0 Å². The van der Waals surface area contributed by atoms with E-state index in [0.717, 1.165) is 27.8 Å². The average Bonchev–Trinajstić information content (AvgIpc) is 2.95. The van der Waals surface area contributed by atoms with Gasteiger partial charge in [0.15, 0.2) is 0 Å². The van der Waals surface area contributed by atoms with Gasteiger partial charge in [-0.15, -0.1) is 0 Å². The number of amides is 1. The summed E-state index contributed by atoms with van der Waals surface area (Å²) >= 11 is 6.03. The monoisotopic (exact) mass is 328 g/mol. The van der Waals surface area contributed by atoms with Crippen LogP contribution >= 0.6 is 11.6 Å². The Morgan fingerprint density at radius 3 is 2.87 bits per heavy atom. The molecule has 3 aromatic rings. The zero-order chi connectivity index (χ0) is 16.2. The third-order valence-corrected chi connectivity index (χ3v) is 3.98. The predicted molar refractivity (Wildman–Crippen MR) is 91.9 cm³/mol. The Hall–Kier alpha value is -2.46. The van der Waals surface area contributed by atoms with Crippen LogP contribution in [0, 0.1) is 0 Å². The minimum absolute atomic E-state index is 0.0446. The molecule has 0 aliphatic heterocycles. The molecule has 0 radical (unpaired) electrons. The number of aromatic amines is 1. The fourth-order valence-electron chi connectivity index (χ4n) is 2.58.